The Morgan fingerprint density at radius 1 is 1.40 bits per heavy atom. The van der Waals surface area contributed by atoms with E-state index in [1.807, 2.05) is 31.2 Å². The van der Waals surface area contributed by atoms with Gasteiger partial charge in [-0.15, -0.1) is 0 Å². The highest BCUT2D eigenvalue weighted by Crippen LogP contribution is 2.29. The van der Waals surface area contributed by atoms with E-state index in [2.05, 4.69) is 10.2 Å². The summed E-state index contributed by atoms with van der Waals surface area (Å²) in [5.74, 6) is -0.670. The molecule has 0 radical (unpaired) electrons. The summed E-state index contributed by atoms with van der Waals surface area (Å²) < 4.78 is 5.08. The second-order valence-corrected chi connectivity index (χ2v) is 4.74. The van der Waals surface area contributed by atoms with Gasteiger partial charge in [0, 0.05) is 10.9 Å². The molecular formula is C15H15N3O2. The van der Waals surface area contributed by atoms with Crippen molar-refractivity contribution in [3.8, 4) is 11.1 Å². The summed E-state index contributed by atoms with van der Waals surface area (Å²) in [7, 11) is 0. The molecule has 2 aromatic heterocycles. The number of furan rings is 1. The molecule has 0 aliphatic carbocycles. The van der Waals surface area contributed by atoms with Crippen LogP contribution in [0.25, 0.3) is 22.0 Å². The number of primary amides is 1. The smallest absolute Gasteiger partial charge is 0.226 e. The molecule has 0 saturated heterocycles. The second kappa shape index (κ2) is 4.85. The molecule has 0 aliphatic rings. The van der Waals surface area contributed by atoms with Crippen molar-refractivity contribution < 1.29 is 9.21 Å². The molecule has 1 amide bonds. The van der Waals surface area contributed by atoms with E-state index < -0.39 is 0 Å². The van der Waals surface area contributed by atoms with Gasteiger partial charge in [-0.05, 0) is 24.1 Å². The zero-order valence-corrected chi connectivity index (χ0v) is 11.1. The standard InChI is InChI=1S/C15H15N3O2/c1-2-11(15(16)19)14-12-4-3-9(7-13(12)17-18-14)10-5-6-20-8-10/h3-8,11H,2H2,1H3,(H2,16,19)(H,17,18). The lowest BCUT2D eigenvalue weighted by atomic mass is 9.97. The number of carbonyl (C=O) groups is 1. The number of fused-ring (bicyclic) bond motifs is 1. The highest BCUT2D eigenvalue weighted by atomic mass is 16.3. The van der Waals surface area contributed by atoms with Crippen LogP contribution in [0.5, 0.6) is 0 Å². The Kier molecular flexibility index (Phi) is 3.02. The van der Waals surface area contributed by atoms with Crippen LogP contribution in [0, 0.1) is 0 Å². The molecule has 1 unspecified atom stereocenters. The van der Waals surface area contributed by atoms with Gasteiger partial charge in [0.05, 0.1) is 29.7 Å². The number of nitrogens with two attached hydrogens (primary N) is 1. The maximum Gasteiger partial charge on any atom is 0.226 e. The molecule has 5 nitrogen and oxygen atoms in total. The molecule has 0 saturated carbocycles. The molecule has 3 rings (SSSR count). The first-order valence-corrected chi connectivity index (χ1v) is 6.50. The third-order valence-corrected chi connectivity index (χ3v) is 3.54. The summed E-state index contributed by atoms with van der Waals surface area (Å²) in [5.41, 5.74) is 9.06. The van der Waals surface area contributed by atoms with E-state index in [9.17, 15) is 4.79 Å². The van der Waals surface area contributed by atoms with Crippen LogP contribution in [0.1, 0.15) is 25.0 Å². The number of nitrogens with zero attached hydrogens (tertiary/aromatic N) is 1. The lowest BCUT2D eigenvalue weighted by molar-refractivity contribution is -0.119. The Morgan fingerprint density at radius 3 is 2.90 bits per heavy atom. The van der Waals surface area contributed by atoms with Gasteiger partial charge in [-0.25, -0.2) is 0 Å². The van der Waals surface area contributed by atoms with Gasteiger partial charge in [0.1, 0.15) is 0 Å². The molecule has 20 heavy (non-hydrogen) atoms. The fourth-order valence-corrected chi connectivity index (χ4v) is 2.45. The molecule has 0 spiro atoms. The quantitative estimate of drug-likeness (QED) is 0.763. The number of benzene rings is 1. The van der Waals surface area contributed by atoms with Crippen molar-refractivity contribution in [2.75, 3.05) is 0 Å². The van der Waals surface area contributed by atoms with Gasteiger partial charge in [0.15, 0.2) is 0 Å². The number of rotatable bonds is 4. The summed E-state index contributed by atoms with van der Waals surface area (Å²) in [6.07, 6.45) is 3.97. The molecule has 3 N–H and O–H groups in total. The van der Waals surface area contributed by atoms with Crippen LogP contribution >= 0.6 is 0 Å². The highest BCUT2D eigenvalue weighted by Gasteiger charge is 2.20. The molecule has 102 valence electrons. The maximum absolute atomic E-state index is 11.5. The third-order valence-electron chi connectivity index (χ3n) is 3.54. The van der Waals surface area contributed by atoms with E-state index in [-0.39, 0.29) is 11.8 Å². The first kappa shape index (κ1) is 12.5. The van der Waals surface area contributed by atoms with Crippen LogP contribution in [-0.4, -0.2) is 16.1 Å². The van der Waals surface area contributed by atoms with Gasteiger partial charge >= 0.3 is 0 Å². The predicted octanol–water partition coefficient (Wildman–Crippen LogP) is 2.80. The zero-order chi connectivity index (χ0) is 14.1. The summed E-state index contributed by atoms with van der Waals surface area (Å²) in [6.45, 7) is 1.93. The van der Waals surface area contributed by atoms with Crippen LogP contribution in [0.15, 0.2) is 41.2 Å². The third kappa shape index (κ3) is 1.97. The Balaban J connectivity index is 2.09. The number of aromatic amines is 1. The van der Waals surface area contributed by atoms with Crippen LogP contribution in [0.4, 0.5) is 0 Å². The van der Waals surface area contributed by atoms with Gasteiger partial charge in [-0.3, -0.25) is 9.89 Å². The lowest BCUT2D eigenvalue weighted by Gasteiger charge is -2.08. The van der Waals surface area contributed by atoms with Gasteiger partial charge < -0.3 is 10.2 Å². The van der Waals surface area contributed by atoms with E-state index in [1.165, 1.54) is 0 Å². The predicted molar refractivity (Wildman–Crippen MR) is 76.0 cm³/mol. The largest absolute Gasteiger partial charge is 0.472 e. The number of H-pyrrole nitrogens is 1. The van der Waals surface area contributed by atoms with E-state index in [4.69, 9.17) is 10.2 Å². The van der Waals surface area contributed by atoms with Crippen molar-refractivity contribution in [2.24, 2.45) is 5.73 Å². The van der Waals surface area contributed by atoms with E-state index in [0.29, 0.717) is 6.42 Å². The average molecular weight is 269 g/mol. The molecule has 1 atom stereocenters. The summed E-state index contributed by atoms with van der Waals surface area (Å²) in [4.78, 5) is 11.5. The molecule has 0 fully saturated rings. The molecular weight excluding hydrogens is 254 g/mol. The molecule has 5 heteroatoms. The van der Waals surface area contributed by atoms with Crippen molar-refractivity contribution >= 4 is 16.8 Å². The number of carbonyl (C=O) groups excluding carboxylic acids is 1. The number of amides is 1. The minimum atomic E-state index is -0.336. The van der Waals surface area contributed by atoms with E-state index in [0.717, 1.165) is 27.7 Å². The van der Waals surface area contributed by atoms with Crippen LogP contribution in [0.2, 0.25) is 0 Å². The number of hydrogen-bond donors (Lipinski definition) is 2. The summed E-state index contributed by atoms with van der Waals surface area (Å²) in [5, 5.41) is 8.15. The fraction of sp³-hybridized carbons (Fsp3) is 0.200. The van der Waals surface area contributed by atoms with Crippen LogP contribution in [0.3, 0.4) is 0 Å². The molecule has 1 aromatic carbocycles. The van der Waals surface area contributed by atoms with Gasteiger partial charge in [0.2, 0.25) is 5.91 Å². The zero-order valence-electron chi connectivity index (χ0n) is 11.1. The first-order chi connectivity index (χ1) is 9.70. The average Bonchev–Trinajstić information content (AvgIpc) is 3.08. The minimum Gasteiger partial charge on any atom is -0.472 e. The van der Waals surface area contributed by atoms with Crippen molar-refractivity contribution in [3.63, 3.8) is 0 Å². The monoisotopic (exact) mass is 269 g/mol. The summed E-state index contributed by atoms with van der Waals surface area (Å²) >= 11 is 0. The minimum absolute atomic E-state index is 0.334. The number of hydrogen-bond acceptors (Lipinski definition) is 3. The van der Waals surface area contributed by atoms with Gasteiger partial charge in [0.25, 0.3) is 0 Å². The topological polar surface area (TPSA) is 84.9 Å². The number of nitrogens with one attached hydrogen (secondary N) is 1. The second-order valence-electron chi connectivity index (χ2n) is 4.74. The van der Waals surface area contributed by atoms with Gasteiger partial charge in [-0.2, -0.15) is 5.10 Å². The van der Waals surface area contributed by atoms with E-state index in [1.54, 1.807) is 12.5 Å². The lowest BCUT2D eigenvalue weighted by Crippen LogP contribution is -2.21. The Labute approximate surface area is 115 Å². The van der Waals surface area contributed by atoms with Crippen molar-refractivity contribution in [2.45, 2.75) is 19.3 Å². The molecule has 2 heterocycles. The molecule has 3 aromatic rings. The Hall–Kier alpha value is -2.56. The first-order valence-electron chi connectivity index (χ1n) is 6.50. The maximum atomic E-state index is 11.5. The highest BCUT2D eigenvalue weighted by molar-refractivity contribution is 5.91. The van der Waals surface area contributed by atoms with Gasteiger partial charge in [-0.1, -0.05) is 19.1 Å². The van der Waals surface area contributed by atoms with E-state index >= 15 is 0 Å². The normalized spacial score (nSPS) is 12.7. The number of aromatic nitrogens is 2. The summed E-state index contributed by atoms with van der Waals surface area (Å²) in [6, 6.07) is 7.81. The van der Waals surface area contributed by atoms with Crippen molar-refractivity contribution in [3.05, 3.63) is 42.5 Å². The molecule has 0 bridgehead atoms. The van der Waals surface area contributed by atoms with Crippen molar-refractivity contribution in [1.82, 2.24) is 10.2 Å². The molecule has 0 aliphatic heterocycles. The van der Waals surface area contributed by atoms with Crippen LogP contribution < -0.4 is 5.73 Å². The SMILES string of the molecule is CCC(C(N)=O)c1[nH]nc2cc(-c3ccoc3)ccc12. The van der Waals surface area contributed by atoms with Crippen LogP contribution in [-0.2, 0) is 4.79 Å². The Bertz CT molecular complexity index is 744. The van der Waals surface area contributed by atoms with Crippen molar-refractivity contribution in [1.29, 1.82) is 0 Å². The Morgan fingerprint density at radius 2 is 2.25 bits per heavy atom. The fourth-order valence-electron chi connectivity index (χ4n) is 2.45.